The Morgan fingerprint density at radius 2 is 1.68 bits per heavy atom. The Kier molecular flexibility index (Phi) is 5.72. The van der Waals surface area contributed by atoms with Gasteiger partial charge in [0.2, 0.25) is 0 Å². The number of imidazole rings is 1. The molecule has 0 saturated carbocycles. The molecule has 0 bridgehead atoms. The van der Waals surface area contributed by atoms with Crippen LogP contribution in [0.1, 0.15) is 33.9 Å². The Hall–Kier alpha value is -4.18. The molecule has 172 valence electrons. The smallest absolute Gasteiger partial charge is 0.338 e. The van der Waals surface area contributed by atoms with Crippen LogP contribution in [-0.2, 0) is 9.47 Å². The lowest BCUT2D eigenvalue weighted by Gasteiger charge is -2.17. The van der Waals surface area contributed by atoms with Gasteiger partial charge in [-0.25, -0.2) is 24.1 Å². The van der Waals surface area contributed by atoms with Gasteiger partial charge in [0.15, 0.2) is 35.5 Å². The fourth-order valence-corrected chi connectivity index (χ4v) is 3.84. The second-order valence-electron chi connectivity index (χ2n) is 7.78. The van der Waals surface area contributed by atoms with Crippen molar-refractivity contribution in [1.82, 2.24) is 19.5 Å². The van der Waals surface area contributed by atoms with Gasteiger partial charge < -0.3 is 14.8 Å². The van der Waals surface area contributed by atoms with Crippen molar-refractivity contribution in [3.05, 3.63) is 84.4 Å². The molecule has 3 heterocycles. The van der Waals surface area contributed by atoms with Crippen LogP contribution in [-0.4, -0.2) is 49.8 Å². The van der Waals surface area contributed by atoms with Gasteiger partial charge in [0.25, 0.3) is 5.91 Å². The molecule has 2 aromatic carbocycles. The van der Waals surface area contributed by atoms with E-state index < -0.39 is 30.6 Å². The molecule has 0 aliphatic carbocycles. The van der Waals surface area contributed by atoms with Crippen molar-refractivity contribution in [3.8, 4) is 0 Å². The van der Waals surface area contributed by atoms with Crippen molar-refractivity contribution in [2.24, 2.45) is 0 Å². The van der Waals surface area contributed by atoms with Gasteiger partial charge in [-0.15, -0.1) is 0 Å². The summed E-state index contributed by atoms with van der Waals surface area (Å²) in [6.45, 7) is 1.63. The van der Waals surface area contributed by atoms with Gasteiger partial charge in [0.1, 0.15) is 6.33 Å². The molecule has 34 heavy (non-hydrogen) atoms. The van der Waals surface area contributed by atoms with Gasteiger partial charge in [0.05, 0.1) is 18.0 Å². The third-order valence-electron chi connectivity index (χ3n) is 5.56. The Labute approximate surface area is 193 Å². The molecular formula is C24H20FN5O4. The van der Waals surface area contributed by atoms with Gasteiger partial charge in [-0.3, -0.25) is 9.36 Å². The molecule has 0 spiro atoms. The summed E-state index contributed by atoms with van der Waals surface area (Å²) in [6, 6.07) is 17.0. The fourth-order valence-electron chi connectivity index (χ4n) is 3.84. The number of alkyl halides is 1. The predicted molar refractivity (Wildman–Crippen MR) is 120 cm³/mol. The molecule has 0 radical (unpaired) electrons. The van der Waals surface area contributed by atoms with Gasteiger partial charge in [-0.2, -0.15) is 0 Å². The first-order chi connectivity index (χ1) is 16.5. The molecule has 9 nitrogen and oxygen atoms in total. The number of fused-ring (bicyclic) bond motifs is 1. The molecule has 4 aromatic rings. The van der Waals surface area contributed by atoms with Crippen molar-refractivity contribution in [2.45, 2.75) is 31.5 Å². The third kappa shape index (κ3) is 3.99. The second kappa shape index (κ2) is 8.99. The Morgan fingerprint density at radius 3 is 2.38 bits per heavy atom. The van der Waals surface area contributed by atoms with Gasteiger partial charge in [-0.05, 0) is 31.2 Å². The van der Waals surface area contributed by atoms with Crippen molar-refractivity contribution < 1.29 is 23.5 Å². The van der Waals surface area contributed by atoms with Crippen molar-refractivity contribution in [1.29, 1.82) is 0 Å². The number of nitrogens with zero attached hydrogens (tertiary/aromatic N) is 4. The SMILES string of the molecule is C[C@H]1O[C@@H](n2cnc3c(NC(=O)c4ccccc4)ncnc32)[C@@H](F)[C@@H]1OC(=O)c1ccccc1. The van der Waals surface area contributed by atoms with Gasteiger partial charge in [-0.1, -0.05) is 36.4 Å². The number of rotatable bonds is 5. The van der Waals surface area contributed by atoms with Crippen LogP contribution in [0.25, 0.3) is 11.2 Å². The molecule has 1 saturated heterocycles. The van der Waals surface area contributed by atoms with Crippen LogP contribution in [0.5, 0.6) is 0 Å². The number of halogens is 1. The van der Waals surface area contributed by atoms with Gasteiger partial charge in [0, 0.05) is 5.56 Å². The summed E-state index contributed by atoms with van der Waals surface area (Å²) < 4.78 is 28.1. The minimum atomic E-state index is -1.67. The molecular weight excluding hydrogens is 441 g/mol. The Balaban J connectivity index is 1.38. The van der Waals surface area contributed by atoms with E-state index in [4.69, 9.17) is 9.47 Å². The molecule has 1 N–H and O–H groups in total. The summed E-state index contributed by atoms with van der Waals surface area (Å²) in [5, 5.41) is 2.71. The number of ether oxygens (including phenoxy) is 2. The summed E-state index contributed by atoms with van der Waals surface area (Å²) >= 11 is 0. The van der Waals surface area contributed by atoms with Crippen LogP contribution in [0.15, 0.2) is 73.3 Å². The van der Waals surface area contributed by atoms with E-state index >= 15 is 4.39 Å². The standard InChI is InChI=1S/C24H20FN5O4/c1-14-19(34-24(32)16-10-6-3-7-11-16)17(25)23(33-14)30-13-28-18-20(26-12-27-21(18)30)29-22(31)15-8-4-2-5-9-15/h2-14,17,19,23H,1H3,(H,26,27,29,31)/t14-,17+,19-,23-/m1/s1. The van der Waals surface area contributed by atoms with Crippen LogP contribution in [0, 0.1) is 0 Å². The van der Waals surface area contributed by atoms with E-state index in [0.29, 0.717) is 11.1 Å². The van der Waals surface area contributed by atoms with Crippen molar-refractivity contribution in [2.75, 3.05) is 5.32 Å². The normalized spacial score (nSPS) is 21.9. The highest BCUT2D eigenvalue weighted by molar-refractivity contribution is 6.06. The van der Waals surface area contributed by atoms with E-state index in [1.807, 2.05) is 6.07 Å². The van der Waals surface area contributed by atoms with Crippen LogP contribution < -0.4 is 5.32 Å². The number of benzene rings is 2. The topological polar surface area (TPSA) is 108 Å². The first-order valence-electron chi connectivity index (χ1n) is 10.6. The summed E-state index contributed by atoms with van der Waals surface area (Å²) in [5.74, 6) is -0.809. The predicted octanol–water partition coefficient (Wildman–Crippen LogP) is 3.56. The maximum atomic E-state index is 15.4. The summed E-state index contributed by atoms with van der Waals surface area (Å²) in [5.41, 5.74) is 1.33. The number of carbonyl (C=O) groups is 2. The maximum absolute atomic E-state index is 15.4. The van der Waals surface area contributed by atoms with E-state index in [9.17, 15) is 9.59 Å². The number of amides is 1. The lowest BCUT2D eigenvalue weighted by atomic mass is 10.1. The summed E-state index contributed by atoms with van der Waals surface area (Å²) in [7, 11) is 0. The minimum absolute atomic E-state index is 0.186. The van der Waals surface area contributed by atoms with E-state index in [-0.39, 0.29) is 22.9 Å². The molecule has 5 rings (SSSR count). The average Bonchev–Trinajstić information content (AvgIpc) is 3.42. The van der Waals surface area contributed by atoms with E-state index in [1.54, 1.807) is 61.5 Å². The average molecular weight is 461 g/mol. The number of hydrogen-bond acceptors (Lipinski definition) is 7. The Bertz CT molecular complexity index is 1330. The molecule has 1 aliphatic rings. The molecule has 1 fully saturated rings. The van der Waals surface area contributed by atoms with Crippen molar-refractivity contribution >= 4 is 28.9 Å². The van der Waals surface area contributed by atoms with Crippen molar-refractivity contribution in [3.63, 3.8) is 0 Å². The van der Waals surface area contributed by atoms with Gasteiger partial charge >= 0.3 is 5.97 Å². The number of carbonyl (C=O) groups excluding carboxylic acids is 2. The van der Waals surface area contributed by atoms with Crippen LogP contribution in [0.3, 0.4) is 0 Å². The number of aromatic nitrogens is 4. The molecule has 0 unspecified atom stereocenters. The molecule has 4 atom stereocenters. The highest BCUT2D eigenvalue weighted by Crippen LogP contribution is 2.36. The van der Waals surface area contributed by atoms with Crippen LogP contribution in [0.2, 0.25) is 0 Å². The fraction of sp³-hybridized carbons (Fsp3) is 0.208. The van der Waals surface area contributed by atoms with E-state index in [1.165, 1.54) is 17.2 Å². The first kappa shape index (κ1) is 21.7. The molecule has 10 heteroatoms. The number of esters is 1. The monoisotopic (exact) mass is 461 g/mol. The lowest BCUT2D eigenvalue weighted by molar-refractivity contribution is -0.0195. The highest BCUT2D eigenvalue weighted by atomic mass is 19.1. The summed E-state index contributed by atoms with van der Waals surface area (Å²) in [6.07, 6.45) is -2.00. The van der Waals surface area contributed by atoms with E-state index in [2.05, 4.69) is 20.3 Å². The maximum Gasteiger partial charge on any atom is 0.338 e. The quantitative estimate of drug-likeness (QED) is 0.453. The molecule has 1 amide bonds. The number of hydrogen-bond donors (Lipinski definition) is 1. The summed E-state index contributed by atoms with van der Waals surface area (Å²) in [4.78, 5) is 37.6. The lowest BCUT2D eigenvalue weighted by Crippen LogP contribution is -2.32. The number of nitrogens with one attached hydrogen (secondary N) is 1. The zero-order valence-corrected chi connectivity index (χ0v) is 18.0. The zero-order chi connectivity index (χ0) is 23.7. The number of anilines is 1. The highest BCUT2D eigenvalue weighted by Gasteiger charge is 2.47. The molecule has 2 aromatic heterocycles. The minimum Gasteiger partial charge on any atom is -0.453 e. The Morgan fingerprint density at radius 1 is 1.00 bits per heavy atom. The van der Waals surface area contributed by atoms with Crippen LogP contribution >= 0.6 is 0 Å². The second-order valence-corrected chi connectivity index (χ2v) is 7.78. The zero-order valence-electron chi connectivity index (χ0n) is 18.0. The van der Waals surface area contributed by atoms with Crippen LogP contribution in [0.4, 0.5) is 10.2 Å². The van der Waals surface area contributed by atoms with E-state index in [0.717, 1.165) is 0 Å². The first-order valence-corrected chi connectivity index (χ1v) is 10.6. The largest absolute Gasteiger partial charge is 0.453 e. The third-order valence-corrected chi connectivity index (χ3v) is 5.56. The molecule has 1 aliphatic heterocycles.